The van der Waals surface area contributed by atoms with Gasteiger partial charge >= 0.3 is 0 Å². The highest BCUT2D eigenvalue weighted by atomic mass is 16.2. The van der Waals surface area contributed by atoms with Crippen molar-refractivity contribution in [2.45, 2.75) is 58.7 Å². The first-order chi connectivity index (χ1) is 17.6. The largest absolute Gasteiger partial charge is 0.350 e. The molecule has 0 saturated heterocycles. The molecule has 0 saturated carbocycles. The van der Waals surface area contributed by atoms with Gasteiger partial charge in [-0.15, -0.1) is 0 Å². The first-order valence-corrected chi connectivity index (χ1v) is 12.9. The standard InChI is InChI=1S/C28H36N6O2/c1-23(35)34-15-6-4-2-3-5-14-33(20-24-8-7-11-29-19-24)21-26-18-25(9-10-27(26)34)28(36)31-13-17-32-16-12-30-22-32/h7-12,16,18-19,22H,2-6,13-15,17,20-21H2,1H3,(H,31,36). The Morgan fingerprint density at radius 3 is 2.58 bits per heavy atom. The van der Waals surface area contributed by atoms with Crippen molar-refractivity contribution in [2.75, 3.05) is 24.5 Å². The summed E-state index contributed by atoms with van der Waals surface area (Å²) in [7, 11) is 0. The lowest BCUT2D eigenvalue weighted by molar-refractivity contribution is -0.116. The lowest BCUT2D eigenvalue weighted by Gasteiger charge is -2.29. The average Bonchev–Trinajstić information content (AvgIpc) is 3.39. The van der Waals surface area contributed by atoms with Gasteiger partial charge in [-0.1, -0.05) is 25.3 Å². The van der Waals surface area contributed by atoms with Crippen molar-refractivity contribution >= 4 is 17.5 Å². The van der Waals surface area contributed by atoms with Crippen LogP contribution in [0.3, 0.4) is 0 Å². The summed E-state index contributed by atoms with van der Waals surface area (Å²) in [6.45, 7) is 5.88. The lowest BCUT2D eigenvalue weighted by Crippen LogP contribution is -2.33. The highest BCUT2D eigenvalue weighted by Gasteiger charge is 2.20. The molecule has 0 unspecified atom stereocenters. The maximum Gasteiger partial charge on any atom is 0.251 e. The molecule has 1 aromatic carbocycles. The van der Waals surface area contributed by atoms with Crippen LogP contribution in [-0.4, -0.2) is 50.9 Å². The fourth-order valence-electron chi connectivity index (χ4n) is 4.72. The maximum absolute atomic E-state index is 13.0. The maximum atomic E-state index is 13.0. The van der Waals surface area contributed by atoms with Crippen molar-refractivity contribution in [2.24, 2.45) is 0 Å². The normalized spacial score (nSPS) is 15.4. The van der Waals surface area contributed by atoms with E-state index in [0.29, 0.717) is 31.7 Å². The molecule has 1 N–H and O–H groups in total. The number of amides is 2. The van der Waals surface area contributed by atoms with Crippen molar-refractivity contribution in [3.63, 3.8) is 0 Å². The number of imidazole rings is 1. The fraction of sp³-hybridized carbons (Fsp3) is 0.429. The summed E-state index contributed by atoms with van der Waals surface area (Å²) >= 11 is 0. The molecule has 3 aromatic rings. The summed E-state index contributed by atoms with van der Waals surface area (Å²) in [6, 6.07) is 9.79. The molecular formula is C28H36N6O2. The number of hydrogen-bond donors (Lipinski definition) is 1. The number of carbonyl (C=O) groups excluding carboxylic acids is 2. The zero-order chi connectivity index (χ0) is 25.2. The number of carbonyl (C=O) groups is 2. The molecule has 0 radical (unpaired) electrons. The van der Waals surface area contributed by atoms with Crippen LogP contribution in [0.15, 0.2) is 61.4 Å². The van der Waals surface area contributed by atoms with Gasteiger partial charge in [-0.2, -0.15) is 0 Å². The average molecular weight is 489 g/mol. The van der Waals surface area contributed by atoms with Crippen molar-refractivity contribution in [3.05, 3.63) is 78.1 Å². The number of anilines is 1. The highest BCUT2D eigenvalue weighted by molar-refractivity contribution is 5.97. The number of nitrogens with one attached hydrogen (secondary N) is 1. The fourth-order valence-corrected chi connectivity index (χ4v) is 4.72. The molecule has 1 aliphatic heterocycles. The zero-order valence-corrected chi connectivity index (χ0v) is 21.1. The molecule has 4 rings (SSSR count). The van der Waals surface area contributed by atoms with Crippen LogP contribution in [0.4, 0.5) is 5.69 Å². The van der Waals surface area contributed by atoms with E-state index in [2.05, 4.69) is 26.3 Å². The number of hydrogen-bond acceptors (Lipinski definition) is 5. The van der Waals surface area contributed by atoms with Crippen LogP contribution in [0.2, 0.25) is 0 Å². The summed E-state index contributed by atoms with van der Waals surface area (Å²) in [5, 5.41) is 3.01. The molecule has 190 valence electrons. The van der Waals surface area contributed by atoms with Gasteiger partial charge in [-0.25, -0.2) is 4.98 Å². The van der Waals surface area contributed by atoms with E-state index >= 15 is 0 Å². The molecule has 0 spiro atoms. The number of benzene rings is 1. The molecular weight excluding hydrogens is 452 g/mol. The van der Waals surface area contributed by atoms with E-state index in [9.17, 15) is 9.59 Å². The number of aromatic nitrogens is 3. The van der Waals surface area contributed by atoms with Crippen LogP contribution >= 0.6 is 0 Å². The molecule has 0 atom stereocenters. The van der Waals surface area contributed by atoms with Gasteiger partial charge in [0.25, 0.3) is 5.91 Å². The molecule has 0 bridgehead atoms. The third-order valence-corrected chi connectivity index (χ3v) is 6.61. The molecule has 36 heavy (non-hydrogen) atoms. The van der Waals surface area contributed by atoms with Crippen molar-refractivity contribution in [3.8, 4) is 0 Å². The molecule has 8 nitrogen and oxygen atoms in total. The van der Waals surface area contributed by atoms with E-state index in [1.807, 2.05) is 46.1 Å². The Hall–Kier alpha value is -3.52. The number of pyridine rings is 1. The van der Waals surface area contributed by atoms with Crippen molar-refractivity contribution in [1.82, 2.24) is 24.8 Å². The molecule has 2 amide bonds. The summed E-state index contributed by atoms with van der Waals surface area (Å²) in [5.41, 5.74) is 3.66. The summed E-state index contributed by atoms with van der Waals surface area (Å²) < 4.78 is 1.93. The van der Waals surface area contributed by atoms with Gasteiger partial charge in [-0.3, -0.25) is 19.5 Å². The molecule has 3 heterocycles. The van der Waals surface area contributed by atoms with Crippen molar-refractivity contribution < 1.29 is 9.59 Å². The van der Waals surface area contributed by atoms with Crippen molar-refractivity contribution in [1.29, 1.82) is 0 Å². The van der Waals surface area contributed by atoms with Crippen LogP contribution in [0.1, 0.15) is 60.5 Å². The molecule has 0 aliphatic carbocycles. The van der Waals surface area contributed by atoms with E-state index in [-0.39, 0.29) is 11.8 Å². The second-order valence-corrected chi connectivity index (χ2v) is 9.41. The highest BCUT2D eigenvalue weighted by Crippen LogP contribution is 2.26. The minimum atomic E-state index is -0.114. The lowest BCUT2D eigenvalue weighted by atomic mass is 10.0. The van der Waals surface area contributed by atoms with Gasteiger partial charge in [-0.05, 0) is 54.8 Å². The minimum Gasteiger partial charge on any atom is -0.350 e. The van der Waals surface area contributed by atoms with Crippen LogP contribution in [0, 0.1) is 0 Å². The quantitative estimate of drug-likeness (QED) is 0.567. The SMILES string of the molecule is CC(=O)N1CCCCCCCN(Cc2cccnc2)Cc2cc(C(=O)NCCn3ccnc3)ccc21. The smallest absolute Gasteiger partial charge is 0.251 e. The predicted octanol–water partition coefficient (Wildman–Crippen LogP) is 4.03. The number of rotatable bonds is 6. The Morgan fingerprint density at radius 1 is 1.00 bits per heavy atom. The van der Waals surface area contributed by atoms with E-state index in [0.717, 1.165) is 49.2 Å². The van der Waals surface area contributed by atoms with Crippen LogP contribution in [0.5, 0.6) is 0 Å². The second kappa shape index (κ2) is 13.0. The molecule has 1 aliphatic rings. The summed E-state index contributed by atoms with van der Waals surface area (Å²) in [5.74, 6) is -0.0816. The summed E-state index contributed by atoms with van der Waals surface area (Å²) in [6.07, 6.45) is 14.6. The van der Waals surface area contributed by atoms with Crippen LogP contribution < -0.4 is 10.2 Å². The summed E-state index contributed by atoms with van der Waals surface area (Å²) in [4.78, 5) is 38.2. The molecule has 2 aromatic heterocycles. The minimum absolute atomic E-state index is 0.0321. The van der Waals surface area contributed by atoms with E-state index in [1.54, 1.807) is 25.6 Å². The van der Waals surface area contributed by atoms with Gasteiger partial charge in [0.2, 0.25) is 5.91 Å². The third-order valence-electron chi connectivity index (χ3n) is 6.61. The monoisotopic (exact) mass is 488 g/mol. The van der Waals surface area contributed by atoms with Crippen LogP contribution in [-0.2, 0) is 24.4 Å². The van der Waals surface area contributed by atoms with E-state index < -0.39 is 0 Å². The predicted molar refractivity (Wildman–Crippen MR) is 140 cm³/mol. The second-order valence-electron chi connectivity index (χ2n) is 9.41. The molecule has 0 fully saturated rings. The first-order valence-electron chi connectivity index (χ1n) is 12.9. The van der Waals surface area contributed by atoms with Gasteiger partial charge in [0, 0.05) is 75.7 Å². The topological polar surface area (TPSA) is 83.4 Å². The Balaban J connectivity index is 1.58. The first kappa shape index (κ1) is 25.6. The van der Waals surface area contributed by atoms with Gasteiger partial charge in [0.05, 0.1) is 6.33 Å². The van der Waals surface area contributed by atoms with E-state index in [1.165, 1.54) is 12.8 Å². The van der Waals surface area contributed by atoms with Gasteiger partial charge < -0.3 is 14.8 Å². The Labute approximate surface area is 213 Å². The Bertz CT molecular complexity index is 1120. The number of fused-ring (bicyclic) bond motifs is 1. The number of nitrogens with zero attached hydrogens (tertiary/aromatic N) is 5. The van der Waals surface area contributed by atoms with Gasteiger partial charge in [0.1, 0.15) is 0 Å². The van der Waals surface area contributed by atoms with Crippen LogP contribution in [0.25, 0.3) is 0 Å². The Kier molecular flexibility index (Phi) is 9.21. The Morgan fingerprint density at radius 2 is 1.83 bits per heavy atom. The van der Waals surface area contributed by atoms with Gasteiger partial charge in [0.15, 0.2) is 0 Å². The zero-order valence-electron chi connectivity index (χ0n) is 21.1. The third kappa shape index (κ3) is 7.24. The molecule has 8 heteroatoms. The van der Waals surface area contributed by atoms with E-state index in [4.69, 9.17) is 0 Å².